The molecule has 0 unspecified atom stereocenters. The average molecular weight is 319 g/mol. The topological polar surface area (TPSA) is 85.8 Å². The fourth-order valence-corrected chi connectivity index (χ4v) is 3.42. The molecule has 0 bridgehead atoms. The van der Waals surface area contributed by atoms with E-state index >= 15 is 0 Å². The second kappa shape index (κ2) is 5.74. The largest absolute Gasteiger partial charge is 0.399 e. The molecule has 3 rings (SSSR count). The summed E-state index contributed by atoms with van der Waals surface area (Å²) in [5.41, 5.74) is 7.26. The van der Waals surface area contributed by atoms with Crippen LogP contribution in [0.2, 0.25) is 0 Å². The van der Waals surface area contributed by atoms with Crippen LogP contribution in [0.25, 0.3) is 10.2 Å². The molecule has 3 aromatic rings. The van der Waals surface area contributed by atoms with Gasteiger partial charge in [-0.15, -0.1) is 11.8 Å². The van der Waals surface area contributed by atoms with Crippen molar-refractivity contribution in [1.82, 2.24) is 14.8 Å². The van der Waals surface area contributed by atoms with E-state index in [2.05, 4.69) is 15.4 Å². The minimum Gasteiger partial charge on any atom is -0.399 e. The standard InChI is InChI=1S/C13H13N5OS2/c1-18-6-9(5-15-18)20-7-12(19)17-13-16-10-3-2-8(14)4-11(10)21-13/h2-6H,7,14H2,1H3,(H,16,17,19). The summed E-state index contributed by atoms with van der Waals surface area (Å²) in [6, 6.07) is 5.50. The number of thioether (sulfide) groups is 1. The summed E-state index contributed by atoms with van der Waals surface area (Å²) in [7, 11) is 1.84. The van der Waals surface area contributed by atoms with Crippen molar-refractivity contribution >= 4 is 50.0 Å². The molecule has 8 heteroatoms. The van der Waals surface area contributed by atoms with Gasteiger partial charge in [-0.25, -0.2) is 4.98 Å². The van der Waals surface area contributed by atoms with Crippen LogP contribution < -0.4 is 11.1 Å². The molecule has 0 saturated heterocycles. The molecule has 0 fully saturated rings. The number of nitrogens with one attached hydrogen (secondary N) is 1. The molecule has 0 aliphatic heterocycles. The van der Waals surface area contributed by atoms with Gasteiger partial charge in [0, 0.05) is 23.8 Å². The summed E-state index contributed by atoms with van der Waals surface area (Å²) in [6.45, 7) is 0. The monoisotopic (exact) mass is 319 g/mol. The summed E-state index contributed by atoms with van der Waals surface area (Å²) >= 11 is 2.86. The molecule has 1 aromatic carbocycles. The summed E-state index contributed by atoms with van der Waals surface area (Å²) in [4.78, 5) is 17.2. The molecule has 0 spiro atoms. The van der Waals surface area contributed by atoms with Crippen LogP contribution in [0.5, 0.6) is 0 Å². The van der Waals surface area contributed by atoms with E-state index in [4.69, 9.17) is 5.73 Å². The molecule has 2 aromatic heterocycles. The third-order valence-corrected chi connectivity index (χ3v) is 4.59. The Kier molecular flexibility index (Phi) is 3.80. The number of hydrogen-bond acceptors (Lipinski definition) is 6. The normalized spacial score (nSPS) is 10.9. The minimum absolute atomic E-state index is 0.0871. The maximum atomic E-state index is 11.9. The zero-order chi connectivity index (χ0) is 14.8. The van der Waals surface area contributed by atoms with Crippen molar-refractivity contribution in [3.8, 4) is 0 Å². The lowest BCUT2D eigenvalue weighted by atomic mass is 10.3. The van der Waals surface area contributed by atoms with Crippen LogP contribution in [-0.2, 0) is 11.8 Å². The van der Waals surface area contributed by atoms with Gasteiger partial charge in [0.1, 0.15) is 0 Å². The first kappa shape index (κ1) is 13.9. The van der Waals surface area contributed by atoms with Crippen LogP contribution in [0.3, 0.4) is 0 Å². The van der Waals surface area contributed by atoms with E-state index in [-0.39, 0.29) is 5.91 Å². The second-order valence-electron chi connectivity index (χ2n) is 4.43. The van der Waals surface area contributed by atoms with Gasteiger partial charge >= 0.3 is 0 Å². The number of amides is 1. The highest BCUT2D eigenvalue weighted by atomic mass is 32.2. The SMILES string of the molecule is Cn1cc(SCC(=O)Nc2nc3ccc(N)cc3s2)cn1. The minimum atomic E-state index is -0.0871. The quantitative estimate of drug-likeness (QED) is 0.569. The van der Waals surface area contributed by atoms with Crippen LogP contribution in [0.15, 0.2) is 35.5 Å². The molecular formula is C13H13N5OS2. The highest BCUT2D eigenvalue weighted by molar-refractivity contribution is 8.00. The Morgan fingerprint density at radius 3 is 3.14 bits per heavy atom. The van der Waals surface area contributed by atoms with Crippen LogP contribution >= 0.6 is 23.1 Å². The summed E-state index contributed by atoms with van der Waals surface area (Å²) in [5.74, 6) is 0.236. The molecule has 1 amide bonds. The molecule has 0 saturated carbocycles. The molecule has 0 radical (unpaired) electrons. The molecule has 2 heterocycles. The number of benzene rings is 1. The van der Waals surface area contributed by atoms with Crippen LogP contribution in [0.1, 0.15) is 0 Å². The van der Waals surface area contributed by atoms with Crippen LogP contribution in [0.4, 0.5) is 10.8 Å². The number of aromatic nitrogens is 3. The van der Waals surface area contributed by atoms with Gasteiger partial charge in [-0.3, -0.25) is 9.48 Å². The highest BCUT2D eigenvalue weighted by Crippen LogP contribution is 2.27. The van der Waals surface area contributed by atoms with Crippen molar-refractivity contribution < 1.29 is 4.79 Å². The lowest BCUT2D eigenvalue weighted by molar-refractivity contribution is -0.113. The Bertz CT molecular complexity index is 795. The van der Waals surface area contributed by atoms with E-state index in [0.29, 0.717) is 16.6 Å². The number of fused-ring (bicyclic) bond motifs is 1. The Hall–Kier alpha value is -2.06. The number of carbonyl (C=O) groups excluding carboxylic acids is 1. The van der Waals surface area contributed by atoms with Gasteiger partial charge in [0.2, 0.25) is 5.91 Å². The number of nitrogens with two attached hydrogens (primary N) is 1. The number of rotatable bonds is 4. The zero-order valence-corrected chi connectivity index (χ0v) is 12.9. The molecule has 0 aliphatic carbocycles. The highest BCUT2D eigenvalue weighted by Gasteiger charge is 2.09. The van der Waals surface area contributed by atoms with Crippen molar-refractivity contribution in [3.63, 3.8) is 0 Å². The Morgan fingerprint density at radius 2 is 2.38 bits per heavy atom. The van der Waals surface area contributed by atoms with Crippen LogP contribution in [0, 0.1) is 0 Å². The lowest BCUT2D eigenvalue weighted by Gasteiger charge is -1.99. The number of nitrogen functional groups attached to an aromatic ring is 1. The first-order valence-corrected chi connectivity index (χ1v) is 7.98. The van der Waals surface area contributed by atoms with Crippen molar-refractivity contribution in [1.29, 1.82) is 0 Å². The van der Waals surface area contributed by atoms with Gasteiger partial charge in [-0.2, -0.15) is 5.10 Å². The van der Waals surface area contributed by atoms with E-state index in [1.165, 1.54) is 23.1 Å². The molecule has 108 valence electrons. The second-order valence-corrected chi connectivity index (χ2v) is 6.51. The average Bonchev–Trinajstić information content (AvgIpc) is 3.01. The number of carbonyl (C=O) groups is 1. The molecule has 0 aliphatic rings. The number of nitrogens with zero attached hydrogens (tertiary/aromatic N) is 3. The van der Waals surface area contributed by atoms with E-state index in [0.717, 1.165) is 15.1 Å². The third kappa shape index (κ3) is 3.34. The fourth-order valence-electron chi connectivity index (χ4n) is 1.77. The fraction of sp³-hybridized carbons (Fsp3) is 0.154. The third-order valence-electron chi connectivity index (χ3n) is 2.71. The number of aryl methyl sites for hydroxylation is 1. The maximum absolute atomic E-state index is 11.9. The van der Waals surface area contributed by atoms with E-state index in [9.17, 15) is 4.79 Å². The number of anilines is 2. The predicted molar refractivity (Wildman–Crippen MR) is 86.6 cm³/mol. The van der Waals surface area contributed by atoms with E-state index in [1.54, 1.807) is 16.9 Å². The molecular weight excluding hydrogens is 306 g/mol. The zero-order valence-electron chi connectivity index (χ0n) is 11.2. The lowest BCUT2D eigenvalue weighted by Crippen LogP contribution is -2.13. The van der Waals surface area contributed by atoms with Crippen molar-refractivity contribution in [3.05, 3.63) is 30.6 Å². The van der Waals surface area contributed by atoms with Gasteiger partial charge in [-0.05, 0) is 18.2 Å². The Labute approximate surface area is 129 Å². The van der Waals surface area contributed by atoms with E-state index in [1.807, 2.05) is 25.4 Å². The Morgan fingerprint density at radius 1 is 1.52 bits per heavy atom. The van der Waals surface area contributed by atoms with Gasteiger partial charge in [0.05, 0.1) is 22.2 Å². The van der Waals surface area contributed by atoms with Gasteiger partial charge in [0.15, 0.2) is 5.13 Å². The van der Waals surface area contributed by atoms with Crippen LogP contribution in [-0.4, -0.2) is 26.4 Å². The molecule has 21 heavy (non-hydrogen) atoms. The maximum Gasteiger partial charge on any atom is 0.236 e. The van der Waals surface area contributed by atoms with Gasteiger partial charge in [-0.1, -0.05) is 11.3 Å². The first-order chi connectivity index (χ1) is 10.1. The molecule has 6 nitrogen and oxygen atoms in total. The van der Waals surface area contributed by atoms with Gasteiger partial charge < -0.3 is 11.1 Å². The van der Waals surface area contributed by atoms with Crippen molar-refractivity contribution in [2.45, 2.75) is 4.90 Å². The van der Waals surface area contributed by atoms with Gasteiger partial charge in [0.25, 0.3) is 0 Å². The first-order valence-electron chi connectivity index (χ1n) is 6.17. The molecule has 3 N–H and O–H groups in total. The number of thiazole rings is 1. The number of hydrogen-bond donors (Lipinski definition) is 2. The van der Waals surface area contributed by atoms with Crippen molar-refractivity contribution in [2.24, 2.45) is 7.05 Å². The van der Waals surface area contributed by atoms with E-state index < -0.39 is 0 Å². The molecule has 0 atom stereocenters. The predicted octanol–water partition coefficient (Wildman–Crippen LogP) is 2.34. The smallest absolute Gasteiger partial charge is 0.236 e. The summed E-state index contributed by atoms with van der Waals surface area (Å²) < 4.78 is 2.67. The summed E-state index contributed by atoms with van der Waals surface area (Å²) in [5, 5.41) is 7.46. The van der Waals surface area contributed by atoms with Crippen molar-refractivity contribution in [2.75, 3.05) is 16.8 Å². The Balaban J connectivity index is 1.63. The summed E-state index contributed by atoms with van der Waals surface area (Å²) in [6.07, 6.45) is 3.61.